The lowest BCUT2D eigenvalue weighted by Crippen LogP contribution is -2.36. The van der Waals surface area contributed by atoms with E-state index in [0.29, 0.717) is 11.0 Å². The lowest BCUT2D eigenvalue weighted by Gasteiger charge is -2.17. The van der Waals surface area contributed by atoms with Crippen molar-refractivity contribution in [3.63, 3.8) is 0 Å². The second-order valence-corrected chi connectivity index (χ2v) is 7.05. The lowest BCUT2D eigenvalue weighted by atomic mass is 9.97. The Hall–Kier alpha value is -1.93. The first-order valence-corrected chi connectivity index (χ1v) is 8.00. The van der Waals surface area contributed by atoms with Gasteiger partial charge in [-0.1, -0.05) is 13.8 Å². The van der Waals surface area contributed by atoms with Gasteiger partial charge in [-0.3, -0.25) is 15.0 Å². The van der Waals surface area contributed by atoms with Gasteiger partial charge in [0, 0.05) is 17.6 Å². The summed E-state index contributed by atoms with van der Waals surface area (Å²) in [6, 6.07) is 3.04. The van der Waals surface area contributed by atoms with Crippen LogP contribution in [0.25, 0.3) is 11.0 Å². The minimum atomic E-state index is -3.79. The highest BCUT2D eigenvalue weighted by Gasteiger charge is 2.31. The summed E-state index contributed by atoms with van der Waals surface area (Å²) in [5.41, 5.74) is 1.87. The minimum Gasteiger partial charge on any atom is -0.443 e. The number of nitrogens with zero attached hydrogens (tertiary/aromatic N) is 1. The Morgan fingerprint density at radius 3 is 2.76 bits per heavy atom. The van der Waals surface area contributed by atoms with Gasteiger partial charge >= 0.3 is 0 Å². The number of hydrogen-bond donors (Lipinski definition) is 2. The molecular weight excluding hydrogens is 296 g/mol. The highest BCUT2D eigenvalue weighted by Crippen LogP contribution is 2.25. The van der Waals surface area contributed by atoms with Gasteiger partial charge in [-0.15, -0.1) is 0 Å². The van der Waals surface area contributed by atoms with E-state index in [4.69, 9.17) is 9.62 Å². The van der Waals surface area contributed by atoms with Crippen LogP contribution < -0.4 is 5.48 Å². The van der Waals surface area contributed by atoms with E-state index in [1.165, 1.54) is 23.9 Å². The average Bonchev–Trinajstić information content (AvgIpc) is 2.88. The molecular formula is C13H16N2O5S. The second-order valence-electron chi connectivity index (χ2n) is 5.09. The summed E-state index contributed by atoms with van der Waals surface area (Å²) in [5, 5.41) is 9.12. The predicted molar refractivity (Wildman–Crippen MR) is 74.3 cm³/mol. The summed E-state index contributed by atoms with van der Waals surface area (Å²) in [6.45, 7) is 3.41. The Morgan fingerprint density at radius 2 is 2.19 bits per heavy atom. The van der Waals surface area contributed by atoms with Gasteiger partial charge in [-0.05, 0) is 12.0 Å². The zero-order chi connectivity index (χ0) is 15.6. The molecule has 1 unspecified atom stereocenters. The van der Waals surface area contributed by atoms with Gasteiger partial charge in [-0.2, -0.15) is 0 Å². The summed E-state index contributed by atoms with van der Waals surface area (Å²) in [6.07, 6.45) is 2.96. The molecule has 2 aromatic rings. The molecule has 0 aliphatic heterocycles. The van der Waals surface area contributed by atoms with Crippen molar-refractivity contribution >= 4 is 26.7 Å². The zero-order valence-corrected chi connectivity index (χ0v) is 12.4. The Balaban J connectivity index is 2.34. The number of hydroxylamine groups is 1. The predicted octanol–water partition coefficient (Wildman–Crippen LogP) is 1.38. The fourth-order valence-corrected chi connectivity index (χ4v) is 3.68. The number of rotatable bonds is 5. The largest absolute Gasteiger partial charge is 0.443 e. The Bertz CT molecular complexity index is 718. The fourth-order valence-electron chi connectivity index (χ4n) is 1.99. The highest BCUT2D eigenvalue weighted by molar-refractivity contribution is 7.91. The van der Waals surface area contributed by atoms with Crippen molar-refractivity contribution in [1.29, 1.82) is 0 Å². The maximum Gasteiger partial charge on any atom is 0.247 e. The smallest absolute Gasteiger partial charge is 0.247 e. The Labute approximate surface area is 121 Å². The molecule has 0 bridgehead atoms. The van der Waals surface area contributed by atoms with Crippen LogP contribution in [0.4, 0.5) is 0 Å². The molecule has 21 heavy (non-hydrogen) atoms. The molecule has 7 nitrogen and oxygen atoms in total. The van der Waals surface area contributed by atoms with Crippen LogP contribution in [-0.2, 0) is 14.6 Å². The molecule has 0 aliphatic rings. The molecule has 2 heterocycles. The van der Waals surface area contributed by atoms with E-state index in [9.17, 15) is 13.2 Å². The topological polar surface area (TPSA) is 110 Å². The van der Waals surface area contributed by atoms with Crippen LogP contribution in [-0.4, -0.2) is 30.3 Å². The van der Waals surface area contributed by atoms with Crippen molar-refractivity contribution < 1.29 is 22.8 Å². The Morgan fingerprint density at radius 1 is 1.48 bits per heavy atom. The minimum absolute atomic E-state index is 0.207. The third-order valence-electron chi connectivity index (χ3n) is 3.26. The van der Waals surface area contributed by atoms with E-state index in [1.54, 1.807) is 19.9 Å². The molecule has 1 atom stereocenters. The summed E-state index contributed by atoms with van der Waals surface area (Å²) in [4.78, 5) is 15.4. The molecule has 0 aliphatic carbocycles. The Kier molecular flexibility index (Phi) is 4.29. The molecule has 0 radical (unpaired) electrons. The van der Waals surface area contributed by atoms with Gasteiger partial charge in [0.2, 0.25) is 20.8 Å². The van der Waals surface area contributed by atoms with Gasteiger partial charge in [0.15, 0.2) is 5.58 Å². The number of nitrogens with one attached hydrogen (secondary N) is 1. The van der Waals surface area contributed by atoms with E-state index in [-0.39, 0.29) is 11.0 Å². The van der Waals surface area contributed by atoms with Crippen LogP contribution in [0.15, 0.2) is 34.0 Å². The first-order chi connectivity index (χ1) is 9.85. The molecule has 2 rings (SSSR count). The third kappa shape index (κ3) is 3.22. The summed E-state index contributed by atoms with van der Waals surface area (Å²) in [7, 11) is -3.79. The van der Waals surface area contributed by atoms with Crippen molar-refractivity contribution in [2.75, 3.05) is 5.75 Å². The molecule has 2 N–H and O–H groups in total. The van der Waals surface area contributed by atoms with Crippen molar-refractivity contribution in [1.82, 2.24) is 10.5 Å². The van der Waals surface area contributed by atoms with Crippen LogP contribution in [0.2, 0.25) is 0 Å². The number of hydrogen-bond acceptors (Lipinski definition) is 6. The number of aromatic nitrogens is 1. The molecule has 0 saturated heterocycles. The van der Waals surface area contributed by atoms with Gasteiger partial charge in [-0.25, -0.2) is 13.9 Å². The maximum atomic E-state index is 12.4. The molecule has 2 aromatic heterocycles. The third-order valence-corrected chi connectivity index (χ3v) is 4.87. The van der Waals surface area contributed by atoms with Crippen LogP contribution >= 0.6 is 0 Å². The van der Waals surface area contributed by atoms with Crippen molar-refractivity contribution in [3.05, 3.63) is 24.5 Å². The first-order valence-electron chi connectivity index (χ1n) is 6.35. The van der Waals surface area contributed by atoms with Gasteiger partial charge in [0.25, 0.3) is 0 Å². The van der Waals surface area contributed by atoms with Gasteiger partial charge in [0.1, 0.15) is 0 Å². The first kappa shape index (κ1) is 15.5. The average molecular weight is 312 g/mol. The van der Waals surface area contributed by atoms with Crippen molar-refractivity contribution in [2.24, 2.45) is 11.8 Å². The molecule has 8 heteroatoms. The monoisotopic (exact) mass is 312 g/mol. The van der Waals surface area contributed by atoms with Crippen LogP contribution in [0.3, 0.4) is 0 Å². The quantitative estimate of drug-likeness (QED) is 0.637. The van der Waals surface area contributed by atoms with Crippen LogP contribution in [0, 0.1) is 11.8 Å². The standard InChI is InChI=1S/C13H16N2O5S/c1-8(2)10(13(16)15-17)7-21(18,19)12-5-9-3-4-14-6-11(9)20-12/h3-6,8,10,17H,7H2,1-2H3,(H,15,16). The molecule has 0 spiro atoms. The number of fused-ring (bicyclic) bond motifs is 1. The molecule has 1 amide bonds. The van der Waals surface area contributed by atoms with E-state index in [2.05, 4.69) is 4.98 Å². The number of amides is 1. The zero-order valence-electron chi connectivity index (χ0n) is 11.6. The lowest BCUT2D eigenvalue weighted by molar-refractivity contribution is -0.133. The second kappa shape index (κ2) is 5.82. The van der Waals surface area contributed by atoms with Gasteiger partial charge in [0.05, 0.1) is 17.9 Å². The summed E-state index contributed by atoms with van der Waals surface area (Å²) in [5.74, 6) is -2.29. The van der Waals surface area contributed by atoms with Crippen LogP contribution in [0.1, 0.15) is 13.8 Å². The van der Waals surface area contributed by atoms with Gasteiger partial charge < -0.3 is 4.42 Å². The number of carbonyl (C=O) groups excluding carboxylic acids is 1. The number of sulfone groups is 1. The number of furan rings is 1. The number of carbonyl (C=O) groups is 1. The summed E-state index contributed by atoms with van der Waals surface area (Å²) >= 11 is 0. The normalized spacial score (nSPS) is 13.5. The maximum absolute atomic E-state index is 12.4. The fraction of sp³-hybridized carbons (Fsp3) is 0.385. The van der Waals surface area contributed by atoms with E-state index >= 15 is 0 Å². The molecule has 0 saturated carbocycles. The SMILES string of the molecule is CC(C)C(CS(=O)(=O)c1cc2ccncc2o1)C(=O)NO. The summed E-state index contributed by atoms with van der Waals surface area (Å²) < 4.78 is 30.0. The van der Waals surface area contributed by atoms with Crippen LogP contribution in [0.5, 0.6) is 0 Å². The highest BCUT2D eigenvalue weighted by atomic mass is 32.2. The molecule has 0 fully saturated rings. The van der Waals surface area contributed by atoms with Crippen molar-refractivity contribution in [3.8, 4) is 0 Å². The van der Waals surface area contributed by atoms with E-state index < -0.39 is 27.4 Å². The van der Waals surface area contributed by atoms with E-state index in [1.807, 2.05) is 0 Å². The molecule has 0 aromatic carbocycles. The number of pyridine rings is 1. The molecule has 114 valence electrons. The van der Waals surface area contributed by atoms with Crippen molar-refractivity contribution in [2.45, 2.75) is 18.9 Å². The van der Waals surface area contributed by atoms with E-state index in [0.717, 1.165) is 0 Å².